The van der Waals surface area contributed by atoms with Gasteiger partial charge in [-0.2, -0.15) is 0 Å². The van der Waals surface area contributed by atoms with Gasteiger partial charge in [-0.3, -0.25) is 4.79 Å². The van der Waals surface area contributed by atoms with Crippen molar-refractivity contribution in [2.24, 2.45) is 0 Å². The zero-order valence-corrected chi connectivity index (χ0v) is 22.4. The molecule has 0 aliphatic heterocycles. The highest BCUT2D eigenvalue weighted by Crippen LogP contribution is 2.44. The van der Waals surface area contributed by atoms with Crippen LogP contribution in [-0.2, 0) is 14.3 Å². The molecule has 0 heterocycles. The molecule has 1 aliphatic carbocycles. The molecule has 0 radical (unpaired) electrons. The summed E-state index contributed by atoms with van der Waals surface area (Å²) in [5.41, 5.74) is 4.04. The number of carbonyl (C=O) groups excluding carboxylic acids is 3. The molecule has 0 saturated heterocycles. The maximum Gasteiger partial charge on any atom is 0.408 e. The molecule has 3 N–H and O–H groups in total. The summed E-state index contributed by atoms with van der Waals surface area (Å²) in [6.45, 7) is 9.69. The van der Waals surface area contributed by atoms with Crippen LogP contribution in [0, 0.1) is 0 Å². The Morgan fingerprint density at radius 1 is 0.865 bits per heavy atom. The van der Waals surface area contributed by atoms with Crippen LogP contribution >= 0.6 is 0 Å². The van der Waals surface area contributed by atoms with E-state index in [4.69, 9.17) is 9.47 Å². The number of benzene rings is 2. The molecule has 3 rings (SSSR count). The molecule has 8 nitrogen and oxygen atoms in total. The van der Waals surface area contributed by atoms with Gasteiger partial charge in [-0.05, 0) is 76.1 Å². The van der Waals surface area contributed by atoms with Crippen LogP contribution in [-0.4, -0.2) is 48.9 Å². The fourth-order valence-electron chi connectivity index (χ4n) is 4.42. The number of hydrogen-bond acceptors (Lipinski definition) is 5. The number of nitrogens with one attached hydrogen (secondary N) is 3. The van der Waals surface area contributed by atoms with Crippen molar-refractivity contribution in [1.82, 2.24) is 16.0 Å². The molecule has 2 aromatic rings. The second-order valence-electron chi connectivity index (χ2n) is 10.6. The van der Waals surface area contributed by atoms with E-state index >= 15 is 0 Å². The van der Waals surface area contributed by atoms with Gasteiger partial charge in [0.05, 0.1) is 0 Å². The average Bonchev–Trinajstić information content (AvgIpc) is 3.14. The summed E-state index contributed by atoms with van der Waals surface area (Å²) in [5, 5.41) is 8.28. The smallest absolute Gasteiger partial charge is 0.408 e. The molecular formula is C29H39N3O5. The first kappa shape index (κ1) is 28.0. The van der Waals surface area contributed by atoms with Gasteiger partial charge in [0, 0.05) is 18.5 Å². The Hall–Kier alpha value is -3.55. The lowest BCUT2D eigenvalue weighted by Gasteiger charge is -2.24. The van der Waals surface area contributed by atoms with Gasteiger partial charge in [-0.15, -0.1) is 0 Å². The van der Waals surface area contributed by atoms with E-state index < -0.39 is 23.8 Å². The zero-order valence-electron chi connectivity index (χ0n) is 22.4. The molecular weight excluding hydrogens is 470 g/mol. The van der Waals surface area contributed by atoms with E-state index in [1.807, 2.05) is 38.1 Å². The van der Waals surface area contributed by atoms with Crippen LogP contribution in [0.15, 0.2) is 48.5 Å². The van der Waals surface area contributed by atoms with Crippen LogP contribution in [0.1, 0.15) is 70.9 Å². The maximum atomic E-state index is 12.5. The van der Waals surface area contributed by atoms with Crippen LogP contribution in [0.2, 0.25) is 0 Å². The first-order valence-electron chi connectivity index (χ1n) is 12.9. The summed E-state index contributed by atoms with van der Waals surface area (Å²) in [5.74, 6) is -0.248. The number of fused-ring (bicyclic) bond motifs is 3. The van der Waals surface area contributed by atoms with Gasteiger partial charge in [0.15, 0.2) is 0 Å². The first-order valence-corrected chi connectivity index (χ1v) is 12.9. The van der Waals surface area contributed by atoms with Crippen LogP contribution in [0.3, 0.4) is 0 Å². The van der Waals surface area contributed by atoms with Gasteiger partial charge in [0.25, 0.3) is 0 Å². The second-order valence-corrected chi connectivity index (χ2v) is 10.6. The molecule has 1 aliphatic rings. The Labute approximate surface area is 219 Å². The predicted octanol–water partition coefficient (Wildman–Crippen LogP) is 5.11. The van der Waals surface area contributed by atoms with Crippen molar-refractivity contribution in [3.63, 3.8) is 0 Å². The average molecular weight is 510 g/mol. The van der Waals surface area contributed by atoms with Gasteiger partial charge in [0.2, 0.25) is 5.91 Å². The molecule has 0 saturated carbocycles. The SMILES string of the molecule is CC(C)NC(=O)[C@H](CCCCNC(=O)OCC1c2ccccc2-c2ccccc21)NC(=O)OC(C)(C)C. The fourth-order valence-corrected chi connectivity index (χ4v) is 4.42. The summed E-state index contributed by atoms with van der Waals surface area (Å²) in [4.78, 5) is 37.1. The van der Waals surface area contributed by atoms with Crippen molar-refractivity contribution in [2.45, 2.75) is 77.5 Å². The molecule has 0 spiro atoms. The summed E-state index contributed by atoms with van der Waals surface area (Å²) < 4.78 is 10.9. The number of rotatable bonds is 10. The highest BCUT2D eigenvalue weighted by Gasteiger charge is 2.29. The number of hydrogen-bond donors (Lipinski definition) is 3. The minimum Gasteiger partial charge on any atom is -0.449 e. The Kier molecular flexibility index (Phi) is 9.55. The lowest BCUT2D eigenvalue weighted by molar-refractivity contribution is -0.123. The molecule has 2 aromatic carbocycles. The van der Waals surface area contributed by atoms with Gasteiger partial charge in [-0.1, -0.05) is 48.5 Å². The van der Waals surface area contributed by atoms with Crippen molar-refractivity contribution in [2.75, 3.05) is 13.2 Å². The van der Waals surface area contributed by atoms with Crippen LogP contribution < -0.4 is 16.0 Å². The molecule has 200 valence electrons. The molecule has 1 atom stereocenters. The second kappa shape index (κ2) is 12.6. The predicted molar refractivity (Wildman–Crippen MR) is 143 cm³/mol. The minimum atomic E-state index is -0.716. The van der Waals surface area contributed by atoms with Crippen molar-refractivity contribution in [3.8, 4) is 11.1 Å². The largest absolute Gasteiger partial charge is 0.449 e. The molecule has 0 fully saturated rings. The zero-order chi connectivity index (χ0) is 27.0. The highest BCUT2D eigenvalue weighted by molar-refractivity contribution is 5.85. The Bertz CT molecular complexity index is 1050. The van der Waals surface area contributed by atoms with E-state index in [0.29, 0.717) is 25.8 Å². The van der Waals surface area contributed by atoms with Gasteiger partial charge in [0.1, 0.15) is 18.2 Å². The lowest BCUT2D eigenvalue weighted by atomic mass is 9.98. The third-order valence-corrected chi connectivity index (χ3v) is 5.97. The molecule has 0 aromatic heterocycles. The third kappa shape index (κ3) is 8.23. The van der Waals surface area contributed by atoms with Crippen LogP contribution in [0.25, 0.3) is 11.1 Å². The quantitative estimate of drug-likeness (QED) is 0.386. The minimum absolute atomic E-state index is 0.0114. The highest BCUT2D eigenvalue weighted by atomic mass is 16.6. The van der Waals surface area contributed by atoms with Crippen LogP contribution in [0.4, 0.5) is 9.59 Å². The fraction of sp³-hybridized carbons (Fsp3) is 0.483. The first-order chi connectivity index (χ1) is 17.5. The number of unbranched alkanes of at least 4 members (excludes halogenated alkanes) is 1. The number of amides is 3. The van der Waals surface area contributed by atoms with E-state index in [-0.39, 0.29) is 24.5 Å². The lowest BCUT2D eigenvalue weighted by Crippen LogP contribution is -2.49. The Morgan fingerprint density at radius 2 is 1.46 bits per heavy atom. The Morgan fingerprint density at radius 3 is 2.03 bits per heavy atom. The van der Waals surface area contributed by atoms with Gasteiger partial charge >= 0.3 is 12.2 Å². The monoisotopic (exact) mass is 509 g/mol. The third-order valence-electron chi connectivity index (χ3n) is 5.97. The van der Waals surface area contributed by atoms with E-state index in [1.54, 1.807) is 20.8 Å². The van der Waals surface area contributed by atoms with Gasteiger partial charge < -0.3 is 25.4 Å². The molecule has 0 unspecified atom stereocenters. The normalized spacial score (nSPS) is 13.4. The molecule has 3 amide bonds. The number of ether oxygens (including phenoxy) is 2. The molecule has 8 heteroatoms. The van der Waals surface area contributed by atoms with E-state index in [9.17, 15) is 14.4 Å². The number of alkyl carbamates (subject to hydrolysis) is 2. The summed E-state index contributed by atoms with van der Waals surface area (Å²) in [6.07, 6.45) is 0.571. The van der Waals surface area contributed by atoms with Crippen molar-refractivity contribution >= 4 is 18.1 Å². The van der Waals surface area contributed by atoms with Crippen molar-refractivity contribution < 1.29 is 23.9 Å². The standard InChI is InChI=1S/C29H39N3O5/c1-19(2)31-26(33)25(32-28(35)37-29(3,4)5)16-10-11-17-30-27(34)36-18-24-22-14-8-6-12-20(22)21-13-7-9-15-23(21)24/h6-9,12-15,19,24-25H,10-11,16-18H2,1-5H3,(H,30,34)(H,31,33)(H,32,35)/t25-/m0/s1. The van der Waals surface area contributed by atoms with Crippen LogP contribution in [0.5, 0.6) is 0 Å². The van der Waals surface area contributed by atoms with Gasteiger partial charge in [-0.25, -0.2) is 9.59 Å². The van der Waals surface area contributed by atoms with Crippen molar-refractivity contribution in [1.29, 1.82) is 0 Å². The Balaban J connectivity index is 1.43. The topological polar surface area (TPSA) is 106 Å². The van der Waals surface area contributed by atoms with E-state index in [2.05, 4.69) is 40.2 Å². The van der Waals surface area contributed by atoms with E-state index in [1.165, 1.54) is 22.3 Å². The summed E-state index contributed by atoms with van der Waals surface area (Å²) in [6, 6.07) is 15.6. The van der Waals surface area contributed by atoms with E-state index in [0.717, 1.165) is 0 Å². The summed E-state index contributed by atoms with van der Waals surface area (Å²) >= 11 is 0. The van der Waals surface area contributed by atoms with Crippen molar-refractivity contribution in [3.05, 3.63) is 59.7 Å². The number of carbonyl (C=O) groups is 3. The molecule has 37 heavy (non-hydrogen) atoms. The maximum absolute atomic E-state index is 12.5. The molecule has 0 bridgehead atoms. The summed E-state index contributed by atoms with van der Waals surface area (Å²) in [7, 11) is 0.